The number of aliphatic hydroxyl groups excluding tert-OH is 2. The van der Waals surface area contributed by atoms with Crippen LogP contribution in [0, 0.1) is 0 Å². The van der Waals surface area contributed by atoms with Crippen molar-refractivity contribution in [1.82, 2.24) is 0 Å². The topological polar surface area (TPSA) is 166 Å². The molecule has 2 unspecified atom stereocenters. The highest BCUT2D eigenvalue weighted by atomic mass is 16.7. The van der Waals surface area contributed by atoms with E-state index >= 15 is 0 Å². The van der Waals surface area contributed by atoms with Crippen molar-refractivity contribution in [2.45, 2.75) is 30.6 Å². The Morgan fingerprint density at radius 3 is 2.25 bits per heavy atom. The van der Waals surface area contributed by atoms with E-state index in [-0.39, 0.29) is 0 Å². The number of hydrogen-bond donors (Lipinski definition) is 2. The zero-order valence-electron chi connectivity index (χ0n) is 12.7. The Morgan fingerprint density at radius 2 is 1.71 bits per heavy atom. The molecule has 0 radical (unpaired) electrons. The van der Waals surface area contributed by atoms with Crippen LogP contribution in [-0.2, 0) is 4.74 Å². The molecule has 1 saturated heterocycles. The quantitative estimate of drug-likeness (QED) is 0.455. The Balaban J connectivity index is 2.24. The molecule has 1 aliphatic heterocycles. The largest absolute Gasteiger partial charge is 0.497 e. The maximum atomic E-state index is 10.3. The molecule has 2 N–H and O–H groups in total. The van der Waals surface area contributed by atoms with E-state index in [2.05, 4.69) is 20.1 Å². The van der Waals surface area contributed by atoms with Gasteiger partial charge in [-0.1, -0.05) is 10.2 Å². The minimum absolute atomic E-state index is 0.380. The fraction of sp³-hybridized carbons (Fsp3) is 0.538. The van der Waals surface area contributed by atoms with Crippen LogP contribution in [0.5, 0.6) is 11.5 Å². The first-order chi connectivity index (χ1) is 11.6. The van der Waals surface area contributed by atoms with Crippen molar-refractivity contribution in [2.24, 2.45) is 10.2 Å². The smallest absolute Gasteiger partial charge is 0.211 e. The Hall–Kier alpha value is -2.68. The number of benzene rings is 1. The highest BCUT2D eigenvalue weighted by Gasteiger charge is 2.45. The summed E-state index contributed by atoms with van der Waals surface area (Å²) in [6.45, 7) is -0.508. The van der Waals surface area contributed by atoms with Gasteiger partial charge in [0.2, 0.25) is 6.29 Å². The van der Waals surface area contributed by atoms with Crippen LogP contribution in [-0.4, -0.2) is 54.5 Å². The molecule has 11 heteroatoms. The van der Waals surface area contributed by atoms with Gasteiger partial charge in [0.25, 0.3) is 0 Å². The molecule has 0 aliphatic carbocycles. The minimum atomic E-state index is -1.37. The normalized spacial score (nSPS) is 29.0. The van der Waals surface area contributed by atoms with Crippen molar-refractivity contribution in [1.29, 1.82) is 0 Å². The van der Waals surface area contributed by atoms with E-state index in [0.717, 1.165) is 0 Å². The summed E-state index contributed by atoms with van der Waals surface area (Å²) >= 11 is 0. The molecule has 24 heavy (non-hydrogen) atoms. The van der Waals surface area contributed by atoms with Gasteiger partial charge in [-0.25, -0.2) is 0 Å². The summed E-state index contributed by atoms with van der Waals surface area (Å²) in [7, 11) is 1.52. The van der Waals surface area contributed by atoms with Crippen LogP contribution in [0.4, 0.5) is 0 Å². The highest BCUT2D eigenvalue weighted by Crippen LogP contribution is 2.29. The van der Waals surface area contributed by atoms with Gasteiger partial charge >= 0.3 is 0 Å². The molecular formula is C13H16N6O5. The third-order valence-electron chi connectivity index (χ3n) is 3.53. The molecule has 1 fully saturated rings. The predicted octanol–water partition coefficient (Wildman–Crippen LogP) is 1.51. The van der Waals surface area contributed by atoms with E-state index in [1.165, 1.54) is 7.11 Å². The predicted molar refractivity (Wildman–Crippen MR) is 81.2 cm³/mol. The number of methoxy groups -OCH3 is 1. The van der Waals surface area contributed by atoms with Crippen molar-refractivity contribution < 1.29 is 24.4 Å². The van der Waals surface area contributed by atoms with E-state index < -0.39 is 37.2 Å². The van der Waals surface area contributed by atoms with Gasteiger partial charge in [0.1, 0.15) is 17.5 Å². The summed E-state index contributed by atoms with van der Waals surface area (Å²) in [5.74, 6) is 1.00. The second-order valence-corrected chi connectivity index (χ2v) is 4.90. The number of azide groups is 2. The number of hydrogen-bond acceptors (Lipinski definition) is 7. The molecule has 0 spiro atoms. The zero-order valence-corrected chi connectivity index (χ0v) is 12.7. The molecular weight excluding hydrogens is 320 g/mol. The van der Waals surface area contributed by atoms with Gasteiger partial charge in [-0.3, -0.25) is 0 Å². The molecule has 11 nitrogen and oxygen atoms in total. The molecule has 1 aromatic carbocycles. The third kappa shape index (κ3) is 3.80. The molecule has 1 heterocycles. The first-order valence-corrected chi connectivity index (χ1v) is 6.98. The fourth-order valence-corrected chi connectivity index (χ4v) is 2.34. The Morgan fingerprint density at radius 1 is 1.12 bits per heavy atom. The van der Waals surface area contributed by atoms with Gasteiger partial charge in [0, 0.05) is 9.82 Å². The van der Waals surface area contributed by atoms with Crippen LogP contribution in [0.25, 0.3) is 20.9 Å². The van der Waals surface area contributed by atoms with Crippen molar-refractivity contribution in [2.75, 3.05) is 13.7 Å². The number of ether oxygens (including phenoxy) is 3. The highest BCUT2D eigenvalue weighted by molar-refractivity contribution is 5.31. The van der Waals surface area contributed by atoms with Crippen LogP contribution in [0.15, 0.2) is 34.5 Å². The molecule has 1 aromatic rings. The summed E-state index contributed by atoms with van der Waals surface area (Å²) in [6, 6.07) is 4.26. The Labute approximate surface area is 136 Å². The first-order valence-electron chi connectivity index (χ1n) is 6.98. The van der Waals surface area contributed by atoms with Gasteiger partial charge in [0.05, 0.1) is 32.0 Å². The molecule has 1 aliphatic rings. The van der Waals surface area contributed by atoms with Crippen molar-refractivity contribution in [3.8, 4) is 11.5 Å². The SMILES string of the molecule is COc1ccc(O[C@@H]2OC(CO)[C@@H](N=[N+]=[N-])C(O)[C@H]2N=[N+]=[N-])cc1. The maximum Gasteiger partial charge on any atom is 0.211 e. The molecule has 0 bridgehead atoms. The lowest BCUT2D eigenvalue weighted by Crippen LogP contribution is -2.58. The van der Waals surface area contributed by atoms with Crippen molar-refractivity contribution in [3.63, 3.8) is 0 Å². The molecule has 0 aromatic heterocycles. The second kappa shape index (κ2) is 8.25. The minimum Gasteiger partial charge on any atom is -0.497 e. The number of rotatable bonds is 6. The average molecular weight is 336 g/mol. The van der Waals surface area contributed by atoms with Crippen LogP contribution in [0.1, 0.15) is 0 Å². The van der Waals surface area contributed by atoms with E-state index in [1.807, 2.05) is 0 Å². The van der Waals surface area contributed by atoms with Crippen molar-refractivity contribution >= 4 is 0 Å². The summed E-state index contributed by atoms with van der Waals surface area (Å²) in [6.07, 6.45) is -3.53. The average Bonchev–Trinajstić information content (AvgIpc) is 2.61. The molecule has 5 atom stereocenters. The molecule has 0 saturated carbocycles. The lowest BCUT2D eigenvalue weighted by Gasteiger charge is -2.40. The van der Waals surface area contributed by atoms with E-state index in [0.29, 0.717) is 11.5 Å². The van der Waals surface area contributed by atoms with Crippen LogP contribution in [0.3, 0.4) is 0 Å². The second-order valence-electron chi connectivity index (χ2n) is 4.90. The van der Waals surface area contributed by atoms with Gasteiger partial charge in [-0.05, 0) is 35.3 Å². The Bertz CT molecular complexity index is 643. The monoisotopic (exact) mass is 336 g/mol. The van der Waals surface area contributed by atoms with Crippen LogP contribution in [0.2, 0.25) is 0 Å². The molecule has 2 rings (SSSR count). The van der Waals surface area contributed by atoms with Crippen LogP contribution >= 0.6 is 0 Å². The summed E-state index contributed by atoms with van der Waals surface area (Å²) in [5.41, 5.74) is 17.3. The lowest BCUT2D eigenvalue weighted by molar-refractivity contribution is -0.203. The Kier molecular flexibility index (Phi) is 6.07. The fourth-order valence-electron chi connectivity index (χ4n) is 2.34. The maximum absolute atomic E-state index is 10.3. The standard InChI is InChI=1S/C13H16N6O5/c1-22-7-2-4-8(5-3-7)23-13-11(17-19-15)12(21)10(16-18-14)9(6-20)24-13/h2-5,9-13,20-21H,6H2,1H3/t9?,10-,11-,12?,13-/m1/s1. The van der Waals surface area contributed by atoms with Crippen molar-refractivity contribution in [3.05, 3.63) is 45.2 Å². The number of aliphatic hydroxyl groups is 2. The first kappa shape index (κ1) is 17.7. The van der Waals surface area contributed by atoms with Gasteiger partial charge in [0.15, 0.2) is 0 Å². The molecule has 0 amide bonds. The zero-order chi connectivity index (χ0) is 17.5. The molecule has 128 valence electrons. The summed E-state index contributed by atoms with van der Waals surface area (Å²) in [5, 5.41) is 26.6. The van der Waals surface area contributed by atoms with E-state index in [9.17, 15) is 10.2 Å². The lowest BCUT2D eigenvalue weighted by atomic mass is 9.95. The van der Waals surface area contributed by atoms with Gasteiger partial charge < -0.3 is 24.4 Å². The summed E-state index contributed by atoms with van der Waals surface area (Å²) in [4.78, 5) is 5.28. The van der Waals surface area contributed by atoms with Gasteiger partial charge in [-0.15, -0.1) is 0 Å². The third-order valence-corrected chi connectivity index (χ3v) is 3.53. The van der Waals surface area contributed by atoms with Crippen LogP contribution < -0.4 is 9.47 Å². The van der Waals surface area contributed by atoms with E-state index in [4.69, 9.17) is 25.3 Å². The number of nitrogens with zero attached hydrogens (tertiary/aromatic N) is 6. The van der Waals surface area contributed by atoms with Gasteiger partial charge in [-0.2, -0.15) is 0 Å². The summed E-state index contributed by atoms with van der Waals surface area (Å²) < 4.78 is 16.1. The van der Waals surface area contributed by atoms with E-state index in [1.54, 1.807) is 24.3 Å².